The van der Waals surface area contributed by atoms with Gasteiger partial charge in [0.05, 0.1) is 0 Å². The van der Waals surface area contributed by atoms with E-state index in [1.54, 1.807) is 11.3 Å². The minimum atomic E-state index is -0.115. The van der Waals surface area contributed by atoms with Crippen LogP contribution in [0.1, 0.15) is 10.4 Å². The van der Waals surface area contributed by atoms with Gasteiger partial charge in [0.15, 0.2) is 0 Å². The van der Waals surface area contributed by atoms with Crippen molar-refractivity contribution in [2.24, 2.45) is 0 Å². The van der Waals surface area contributed by atoms with E-state index < -0.39 is 0 Å². The average Bonchev–Trinajstić information content (AvgIpc) is 3.23. The van der Waals surface area contributed by atoms with Crippen LogP contribution in [-0.2, 0) is 0 Å². The molecule has 0 saturated heterocycles. The van der Waals surface area contributed by atoms with E-state index in [0.29, 0.717) is 5.56 Å². The molecule has 1 heterocycles. The predicted molar refractivity (Wildman–Crippen MR) is 144 cm³/mol. The maximum absolute atomic E-state index is 13.2. The van der Waals surface area contributed by atoms with E-state index in [4.69, 9.17) is 0 Å². The third-order valence-corrected chi connectivity index (χ3v) is 7.65. The summed E-state index contributed by atoms with van der Waals surface area (Å²) in [4.78, 5) is 13.2. The molecule has 33 heavy (non-hydrogen) atoms. The molecular formula is C29H18BrNOS. The van der Waals surface area contributed by atoms with Gasteiger partial charge in [-0.3, -0.25) is 4.79 Å². The maximum Gasteiger partial charge on any atom is 0.255 e. The van der Waals surface area contributed by atoms with Crippen molar-refractivity contribution in [3.8, 4) is 11.1 Å². The van der Waals surface area contributed by atoms with E-state index in [1.165, 1.54) is 20.2 Å². The highest BCUT2D eigenvalue weighted by Crippen LogP contribution is 2.41. The molecule has 158 valence electrons. The van der Waals surface area contributed by atoms with Crippen molar-refractivity contribution in [1.29, 1.82) is 0 Å². The van der Waals surface area contributed by atoms with Gasteiger partial charge in [0.1, 0.15) is 0 Å². The zero-order chi connectivity index (χ0) is 22.4. The number of carbonyl (C=O) groups excluding carboxylic acids is 1. The van der Waals surface area contributed by atoms with Crippen molar-refractivity contribution in [2.45, 2.75) is 0 Å². The molecule has 2 nitrogen and oxygen atoms in total. The number of para-hydroxylation sites is 1. The van der Waals surface area contributed by atoms with Gasteiger partial charge in [-0.1, -0.05) is 82.7 Å². The third-order valence-electron chi connectivity index (χ3n) is 5.93. The molecule has 0 aliphatic rings. The SMILES string of the molecule is O=C(Nc1ccccc1-c1cccc2c1sc1ccccc12)c1ccc2cc(Br)ccc2c1. The summed E-state index contributed by atoms with van der Waals surface area (Å²) in [5.74, 6) is -0.115. The van der Waals surface area contributed by atoms with Gasteiger partial charge in [0.2, 0.25) is 0 Å². The van der Waals surface area contributed by atoms with Gasteiger partial charge in [-0.05, 0) is 47.2 Å². The molecule has 0 fully saturated rings. The molecule has 0 aliphatic carbocycles. The Morgan fingerprint density at radius 2 is 1.42 bits per heavy atom. The number of rotatable bonds is 3. The molecule has 1 aromatic heterocycles. The molecule has 0 atom stereocenters. The number of benzene rings is 5. The zero-order valence-electron chi connectivity index (χ0n) is 17.5. The highest BCUT2D eigenvalue weighted by molar-refractivity contribution is 9.10. The highest BCUT2D eigenvalue weighted by atomic mass is 79.9. The van der Waals surface area contributed by atoms with Crippen LogP contribution in [0.3, 0.4) is 0 Å². The molecule has 1 amide bonds. The number of carbonyl (C=O) groups is 1. The lowest BCUT2D eigenvalue weighted by Crippen LogP contribution is -2.12. The zero-order valence-corrected chi connectivity index (χ0v) is 19.9. The van der Waals surface area contributed by atoms with Crippen molar-refractivity contribution < 1.29 is 4.79 Å². The first-order valence-corrected chi connectivity index (χ1v) is 12.3. The average molecular weight is 508 g/mol. The summed E-state index contributed by atoms with van der Waals surface area (Å²) in [5, 5.41) is 7.80. The van der Waals surface area contributed by atoms with Crippen LogP contribution in [0.5, 0.6) is 0 Å². The highest BCUT2D eigenvalue weighted by Gasteiger charge is 2.15. The second kappa shape index (κ2) is 8.14. The Kier molecular flexibility index (Phi) is 4.97. The summed E-state index contributed by atoms with van der Waals surface area (Å²) in [7, 11) is 0. The van der Waals surface area contributed by atoms with Gasteiger partial charge < -0.3 is 5.32 Å². The van der Waals surface area contributed by atoms with E-state index >= 15 is 0 Å². The van der Waals surface area contributed by atoms with Crippen LogP contribution in [-0.4, -0.2) is 5.91 Å². The molecule has 1 N–H and O–H groups in total. The van der Waals surface area contributed by atoms with Crippen LogP contribution in [0.15, 0.2) is 108 Å². The van der Waals surface area contributed by atoms with Gasteiger partial charge in [0, 0.05) is 47.0 Å². The molecule has 0 radical (unpaired) electrons. The summed E-state index contributed by atoms with van der Waals surface area (Å²) >= 11 is 5.30. The van der Waals surface area contributed by atoms with Gasteiger partial charge in [-0.2, -0.15) is 0 Å². The van der Waals surface area contributed by atoms with Crippen molar-refractivity contribution in [2.75, 3.05) is 5.32 Å². The van der Waals surface area contributed by atoms with Crippen molar-refractivity contribution in [3.05, 3.63) is 113 Å². The molecule has 0 bridgehead atoms. The number of hydrogen-bond donors (Lipinski definition) is 1. The first-order valence-electron chi connectivity index (χ1n) is 10.7. The van der Waals surface area contributed by atoms with Gasteiger partial charge >= 0.3 is 0 Å². The van der Waals surface area contributed by atoms with Gasteiger partial charge in [-0.15, -0.1) is 11.3 Å². The Labute approximate surface area is 203 Å². The van der Waals surface area contributed by atoms with Crippen molar-refractivity contribution in [1.82, 2.24) is 0 Å². The molecule has 6 rings (SSSR count). The van der Waals surface area contributed by atoms with E-state index in [1.807, 2.05) is 48.5 Å². The number of amides is 1. The smallest absolute Gasteiger partial charge is 0.255 e. The van der Waals surface area contributed by atoms with E-state index in [0.717, 1.165) is 32.1 Å². The van der Waals surface area contributed by atoms with Crippen LogP contribution >= 0.6 is 27.3 Å². The lowest BCUT2D eigenvalue weighted by molar-refractivity contribution is 0.102. The first kappa shape index (κ1) is 20.2. The van der Waals surface area contributed by atoms with Gasteiger partial charge in [0.25, 0.3) is 5.91 Å². The molecule has 0 saturated carbocycles. The molecule has 0 spiro atoms. The molecular weight excluding hydrogens is 490 g/mol. The Balaban J connectivity index is 1.42. The summed E-state index contributed by atoms with van der Waals surface area (Å²) < 4.78 is 3.53. The largest absolute Gasteiger partial charge is 0.321 e. The van der Waals surface area contributed by atoms with Crippen LogP contribution < -0.4 is 5.32 Å². The molecule has 4 heteroatoms. The lowest BCUT2D eigenvalue weighted by Gasteiger charge is -2.13. The lowest BCUT2D eigenvalue weighted by atomic mass is 10.0. The molecule has 5 aromatic carbocycles. The van der Waals surface area contributed by atoms with Crippen LogP contribution in [0.25, 0.3) is 42.1 Å². The van der Waals surface area contributed by atoms with Crippen LogP contribution in [0.2, 0.25) is 0 Å². The van der Waals surface area contributed by atoms with E-state index in [-0.39, 0.29) is 5.91 Å². The predicted octanol–water partition coefficient (Wildman–Crippen LogP) is 8.89. The maximum atomic E-state index is 13.2. The summed E-state index contributed by atoms with van der Waals surface area (Å²) in [6.45, 7) is 0. The first-order chi connectivity index (χ1) is 16.2. The summed E-state index contributed by atoms with van der Waals surface area (Å²) in [5.41, 5.74) is 3.60. The van der Waals surface area contributed by atoms with E-state index in [9.17, 15) is 4.79 Å². The second-order valence-corrected chi connectivity index (χ2v) is 9.95. The second-order valence-electron chi connectivity index (χ2n) is 7.99. The van der Waals surface area contributed by atoms with Gasteiger partial charge in [-0.25, -0.2) is 0 Å². The Bertz CT molecular complexity index is 1680. The summed E-state index contributed by atoms with van der Waals surface area (Å²) in [6.07, 6.45) is 0. The van der Waals surface area contributed by atoms with Crippen molar-refractivity contribution >= 4 is 69.8 Å². The fourth-order valence-corrected chi connectivity index (χ4v) is 5.95. The molecule has 0 aliphatic heterocycles. The quantitative estimate of drug-likeness (QED) is 0.254. The molecule has 6 aromatic rings. The standard InChI is InChI=1S/C29H18BrNOS/c30-21-15-14-18-16-20(13-12-19(18)17-21)29(32)31-26-10-3-1-6-22(26)24-8-5-9-25-23-7-2-4-11-27(23)33-28(24)25/h1-17H,(H,31,32). The fraction of sp³-hybridized carbons (Fsp3) is 0. The number of halogens is 1. The number of hydrogen-bond acceptors (Lipinski definition) is 2. The minimum absolute atomic E-state index is 0.115. The number of anilines is 1. The monoisotopic (exact) mass is 507 g/mol. The normalized spacial score (nSPS) is 11.3. The minimum Gasteiger partial charge on any atom is -0.321 e. The van der Waals surface area contributed by atoms with Crippen molar-refractivity contribution in [3.63, 3.8) is 0 Å². The Hall–Kier alpha value is -3.47. The molecule has 0 unspecified atom stereocenters. The third kappa shape index (κ3) is 3.62. The fourth-order valence-electron chi connectivity index (χ4n) is 4.34. The Morgan fingerprint density at radius 3 is 2.36 bits per heavy atom. The Morgan fingerprint density at radius 1 is 0.697 bits per heavy atom. The number of thiophene rings is 1. The van der Waals surface area contributed by atoms with E-state index in [2.05, 4.69) is 75.8 Å². The topological polar surface area (TPSA) is 29.1 Å². The van der Waals surface area contributed by atoms with Crippen LogP contribution in [0, 0.1) is 0 Å². The van der Waals surface area contributed by atoms with Crippen LogP contribution in [0.4, 0.5) is 5.69 Å². The summed E-state index contributed by atoms with van der Waals surface area (Å²) in [6, 6.07) is 34.8. The number of fused-ring (bicyclic) bond motifs is 4. The number of nitrogens with one attached hydrogen (secondary N) is 1.